The molecule has 1 radical (unpaired) electrons. The van der Waals surface area contributed by atoms with Crippen molar-refractivity contribution < 1.29 is 77.0 Å². The topological polar surface area (TPSA) is 76.4 Å². The molecule has 0 bridgehead atoms. The third kappa shape index (κ3) is 7.44. The van der Waals surface area contributed by atoms with E-state index in [9.17, 15) is 32.4 Å². The number of pyridine rings is 1. The average molecular weight is 706 g/mol. The van der Waals surface area contributed by atoms with Gasteiger partial charge in [0, 0.05) is 83.2 Å². The van der Waals surface area contributed by atoms with E-state index in [0.29, 0.717) is 16.8 Å². The Bertz CT molecular complexity index is 1430. The number of carbonyl (C=O) groups is 1. The minimum absolute atomic E-state index is 0. The number of ketones is 1. The molecular weight excluding hydrogens is 666 g/mol. The summed E-state index contributed by atoms with van der Waals surface area (Å²) in [5.74, 6) is -2.77. The van der Waals surface area contributed by atoms with Crippen molar-refractivity contribution >= 4 is 34.6 Å². The Labute approximate surface area is 269 Å². The number of hydrogen-bond acceptors (Lipinski definition) is 4. The van der Waals surface area contributed by atoms with Gasteiger partial charge < -0.3 is 14.2 Å². The summed E-state index contributed by atoms with van der Waals surface area (Å²) in [5, 5.41) is 11.5. The molecule has 1 N–H and O–H groups in total. The van der Waals surface area contributed by atoms with Crippen LogP contribution in [0.1, 0.15) is 72.7 Å². The Morgan fingerprint density at radius 3 is 1.87 bits per heavy atom. The van der Waals surface area contributed by atoms with E-state index in [-0.39, 0.29) is 71.6 Å². The van der Waals surface area contributed by atoms with E-state index in [1.54, 1.807) is 37.3 Å². The maximum absolute atomic E-state index is 13.1. The predicted molar refractivity (Wildman–Crippen MR) is 150 cm³/mol. The number of nitrogens with zero attached hydrogens (tertiary/aromatic N) is 1. The summed E-state index contributed by atoms with van der Waals surface area (Å²) in [5.41, 5.74) is -2.09. The van der Waals surface area contributed by atoms with Crippen molar-refractivity contribution in [3.8, 4) is 5.75 Å². The number of carbonyl (C=O) groups excluding carboxylic acids is 1. The zero-order chi connectivity index (χ0) is 29.4. The van der Waals surface area contributed by atoms with Gasteiger partial charge in [-0.15, -0.1) is 0 Å². The van der Waals surface area contributed by atoms with Gasteiger partial charge in [0.1, 0.15) is 11.3 Å². The zero-order valence-corrected chi connectivity index (χ0v) is 27.4. The first kappa shape index (κ1) is 36.0. The molecule has 0 aliphatic carbocycles. The first-order valence-corrected chi connectivity index (χ1v) is 14.6. The Balaban J connectivity index is 0.000000439. The van der Waals surface area contributed by atoms with Crippen molar-refractivity contribution in [2.45, 2.75) is 85.3 Å². The largest absolute Gasteiger partial charge is 0.506 e. The first-order chi connectivity index (χ1) is 17.2. The maximum atomic E-state index is 13.1. The molecule has 1 heterocycles. The number of fused-ring (bicyclic) bond motifs is 3. The van der Waals surface area contributed by atoms with Crippen molar-refractivity contribution in [1.82, 2.24) is 4.57 Å². The summed E-state index contributed by atoms with van der Waals surface area (Å²) in [6.45, 7) is 18.6. The van der Waals surface area contributed by atoms with E-state index in [2.05, 4.69) is 55.4 Å². The van der Waals surface area contributed by atoms with Gasteiger partial charge in [0.25, 0.3) is 11.3 Å². The van der Waals surface area contributed by atoms with E-state index < -0.39 is 36.0 Å². The molecule has 0 spiro atoms. The van der Waals surface area contributed by atoms with Crippen LogP contribution in [0.4, 0.5) is 13.2 Å². The smallest absolute Gasteiger partial charge is 0.455 e. The molecular formula is C29H39EuF3NO4P. The first-order valence-electron chi connectivity index (χ1n) is 12.7. The average Bonchev–Trinajstić information content (AvgIpc) is 2.77. The molecule has 0 amide bonds. The molecule has 10 heteroatoms. The summed E-state index contributed by atoms with van der Waals surface area (Å²) < 4.78 is 52.5. The number of benzene rings is 2. The summed E-state index contributed by atoms with van der Waals surface area (Å²) in [6, 6.07) is 10.0. The molecule has 1 aromatic heterocycles. The van der Waals surface area contributed by atoms with E-state index in [1.165, 1.54) is 6.07 Å². The molecule has 2 aromatic carbocycles. The number of rotatable bonds is 4. The Kier molecular flexibility index (Phi) is 11.9. The molecule has 0 aliphatic heterocycles. The molecule has 0 unspecified atom stereocenters. The Morgan fingerprint density at radius 2 is 1.46 bits per heavy atom. The van der Waals surface area contributed by atoms with E-state index >= 15 is 0 Å². The second-order valence-electron chi connectivity index (χ2n) is 11.9. The van der Waals surface area contributed by atoms with Crippen LogP contribution in [0.5, 0.6) is 5.75 Å². The molecule has 39 heavy (non-hydrogen) atoms. The fourth-order valence-electron chi connectivity index (χ4n) is 4.93. The van der Waals surface area contributed by atoms with Gasteiger partial charge in [0.15, 0.2) is 0 Å². The number of alkyl halides is 3. The minimum atomic E-state index is -5.24. The van der Waals surface area contributed by atoms with Crippen molar-refractivity contribution in [2.75, 3.05) is 6.16 Å². The zero-order valence-electron chi connectivity index (χ0n) is 24.0. The fraction of sp³-hybridized carbons (Fsp3) is 0.517. The monoisotopic (exact) mass is 706 g/mol. The summed E-state index contributed by atoms with van der Waals surface area (Å²) in [6.07, 6.45) is -4.38. The third-order valence-corrected chi connectivity index (χ3v) is 12.3. The van der Waals surface area contributed by atoms with Gasteiger partial charge in [-0.05, 0) is 24.3 Å². The molecule has 3 aromatic rings. The molecule has 0 fully saturated rings. The van der Waals surface area contributed by atoms with Gasteiger partial charge >= 0.3 is 6.18 Å². The number of aromatic nitrogens is 1. The quantitative estimate of drug-likeness (QED) is 0.169. The SMILES string of the molecule is CC(C)CP(=O)(C(C)(C)C)C(C)(C)C.CCn1c(=O)c(C(=O)C(F)(F)F)c(O)c2ccc3ccccc3c21.[Eu]. The van der Waals surface area contributed by atoms with Crippen LogP contribution in [0, 0.1) is 55.3 Å². The second kappa shape index (κ2) is 12.9. The molecule has 217 valence electrons. The van der Waals surface area contributed by atoms with E-state index in [4.69, 9.17) is 0 Å². The third-order valence-electron chi connectivity index (χ3n) is 6.71. The van der Waals surface area contributed by atoms with Gasteiger partial charge in [-0.25, -0.2) is 0 Å². The predicted octanol–water partition coefficient (Wildman–Crippen LogP) is 8.23. The Hall–Kier alpha value is -1.02. The summed E-state index contributed by atoms with van der Waals surface area (Å²) in [4.78, 5) is 24.0. The molecule has 0 saturated heterocycles. The van der Waals surface area contributed by atoms with Crippen molar-refractivity contribution in [1.29, 1.82) is 0 Å². The number of aromatic hydroxyl groups is 1. The Morgan fingerprint density at radius 1 is 0.949 bits per heavy atom. The molecule has 3 rings (SSSR count). The van der Waals surface area contributed by atoms with E-state index in [1.807, 2.05) is 0 Å². The maximum Gasteiger partial charge on any atom is 0.455 e. The van der Waals surface area contributed by atoms with Crippen molar-refractivity contribution in [3.63, 3.8) is 0 Å². The van der Waals surface area contributed by atoms with Crippen LogP contribution in [0.2, 0.25) is 0 Å². The van der Waals surface area contributed by atoms with E-state index in [0.717, 1.165) is 16.1 Å². The molecule has 0 aliphatic rings. The molecule has 0 atom stereocenters. The summed E-state index contributed by atoms with van der Waals surface area (Å²) >= 11 is 0. The van der Waals surface area contributed by atoms with Gasteiger partial charge in [0.05, 0.1) is 12.7 Å². The summed E-state index contributed by atoms with van der Waals surface area (Å²) in [7, 11) is -2.14. The van der Waals surface area contributed by atoms with Gasteiger partial charge in [0.2, 0.25) is 0 Å². The minimum Gasteiger partial charge on any atom is -0.506 e. The number of aryl methyl sites for hydroxylation is 1. The normalized spacial score (nSPS) is 12.7. The van der Waals surface area contributed by atoms with Crippen molar-refractivity contribution in [3.05, 3.63) is 52.3 Å². The number of hydrogen-bond donors (Lipinski definition) is 1. The van der Waals surface area contributed by atoms with Gasteiger partial charge in [-0.3, -0.25) is 9.59 Å². The molecule has 5 nitrogen and oxygen atoms in total. The van der Waals surface area contributed by atoms with Crippen LogP contribution in [0.15, 0.2) is 41.2 Å². The standard InChI is InChI=1S/C17H12F3NO3.C12H27OP.Eu/c1-2-21-13-10-6-4-3-5-9(10)7-8-11(13)14(22)12(16(21)24)15(23)17(18,19)20;1-10(2)9-14(13,11(3,4)5)12(6,7)8;/h3-8,22H,2H2,1H3;10H,9H2,1-8H3;. The van der Waals surface area contributed by atoms with Crippen LogP contribution >= 0.6 is 7.14 Å². The molecule has 0 saturated carbocycles. The van der Waals surface area contributed by atoms with Crippen LogP contribution in [0.3, 0.4) is 0 Å². The second-order valence-corrected chi connectivity index (χ2v) is 16.5. The fourth-order valence-corrected chi connectivity index (χ4v) is 9.06. The van der Waals surface area contributed by atoms with Gasteiger partial charge in [-0.2, -0.15) is 13.2 Å². The number of halogens is 3. The van der Waals surface area contributed by atoms with Gasteiger partial charge in [-0.1, -0.05) is 85.7 Å². The van der Waals surface area contributed by atoms with Crippen LogP contribution in [-0.4, -0.2) is 38.1 Å². The van der Waals surface area contributed by atoms with Crippen molar-refractivity contribution in [2.24, 2.45) is 5.92 Å². The van der Waals surface area contributed by atoms with Crippen LogP contribution in [0.25, 0.3) is 21.7 Å². The van der Waals surface area contributed by atoms with Crippen LogP contribution in [-0.2, 0) is 11.1 Å². The number of Topliss-reactive ketones (excluding diaryl/α,β-unsaturated/α-hetero) is 1. The van der Waals surface area contributed by atoms with Crippen LogP contribution < -0.4 is 5.56 Å².